The molecule has 22 heavy (non-hydrogen) atoms. The predicted octanol–water partition coefficient (Wildman–Crippen LogP) is 6.59. The molecule has 0 rings (SSSR count). The van der Waals surface area contributed by atoms with Crippen molar-refractivity contribution >= 4 is 5.97 Å². The lowest BCUT2D eigenvalue weighted by atomic mass is 10.1. The molecular weight excluding hydrogens is 272 g/mol. The van der Waals surface area contributed by atoms with Crippen molar-refractivity contribution in [3.63, 3.8) is 0 Å². The first-order valence-corrected chi connectivity index (χ1v) is 9.52. The highest BCUT2D eigenvalue weighted by molar-refractivity contribution is 5.66. The van der Waals surface area contributed by atoms with E-state index in [4.69, 9.17) is 4.74 Å². The summed E-state index contributed by atoms with van der Waals surface area (Å²) in [4.78, 5) is 11.2. The predicted molar refractivity (Wildman–Crippen MR) is 96.1 cm³/mol. The summed E-state index contributed by atoms with van der Waals surface area (Å²) in [6, 6.07) is 0. The first-order chi connectivity index (χ1) is 10.7. The molecule has 0 fully saturated rings. The van der Waals surface area contributed by atoms with Crippen LogP contribution in [-0.2, 0) is 9.53 Å². The average molecular weight is 311 g/mol. The summed E-state index contributed by atoms with van der Waals surface area (Å²) < 4.78 is 5.41. The summed E-state index contributed by atoms with van der Waals surface area (Å²) >= 11 is 0. The Labute approximate surface area is 138 Å². The van der Waals surface area contributed by atoms with Gasteiger partial charge in [0.25, 0.3) is 0 Å². The Balaban J connectivity index is 3.71. The van der Waals surface area contributed by atoms with Gasteiger partial charge in [-0.2, -0.15) is 0 Å². The van der Waals surface area contributed by atoms with Crippen LogP contribution in [0.5, 0.6) is 0 Å². The number of rotatable bonds is 15. The molecule has 0 aliphatic heterocycles. The summed E-state index contributed by atoms with van der Waals surface area (Å²) in [5.74, 6) is -0.148. The molecule has 130 valence electrons. The van der Waals surface area contributed by atoms with E-state index in [0.29, 0.717) is 0 Å². The lowest BCUT2D eigenvalue weighted by molar-refractivity contribution is -0.146. The summed E-state index contributed by atoms with van der Waals surface area (Å²) in [6.07, 6.45) is 20.6. The van der Waals surface area contributed by atoms with Gasteiger partial charge in [0.05, 0.1) is 0 Å². The van der Waals surface area contributed by atoms with Crippen LogP contribution >= 0.6 is 0 Å². The van der Waals surface area contributed by atoms with E-state index in [1.54, 1.807) is 0 Å². The quantitative estimate of drug-likeness (QED) is 0.194. The van der Waals surface area contributed by atoms with Gasteiger partial charge < -0.3 is 4.74 Å². The third kappa shape index (κ3) is 15.6. The molecular formula is C20H38O2. The molecule has 0 saturated heterocycles. The molecule has 0 aliphatic carbocycles. The number of hydrogen-bond acceptors (Lipinski definition) is 2. The van der Waals surface area contributed by atoms with E-state index >= 15 is 0 Å². The van der Waals surface area contributed by atoms with Crippen LogP contribution in [0.4, 0.5) is 0 Å². The molecule has 2 nitrogen and oxygen atoms in total. The van der Waals surface area contributed by atoms with Gasteiger partial charge in [0.1, 0.15) is 6.10 Å². The van der Waals surface area contributed by atoms with Crippen molar-refractivity contribution in [3.8, 4) is 0 Å². The van der Waals surface area contributed by atoms with E-state index in [-0.39, 0.29) is 12.1 Å². The molecule has 0 spiro atoms. The lowest BCUT2D eigenvalue weighted by Crippen LogP contribution is -2.15. The van der Waals surface area contributed by atoms with E-state index < -0.39 is 0 Å². The van der Waals surface area contributed by atoms with Gasteiger partial charge in [-0.1, -0.05) is 77.4 Å². The van der Waals surface area contributed by atoms with Crippen molar-refractivity contribution in [1.29, 1.82) is 0 Å². The Hall–Kier alpha value is -0.790. The minimum Gasteiger partial charge on any atom is -0.462 e. The second-order valence-electron chi connectivity index (χ2n) is 6.34. The molecule has 1 atom stereocenters. The highest BCUT2D eigenvalue weighted by atomic mass is 16.5. The smallest absolute Gasteiger partial charge is 0.302 e. The van der Waals surface area contributed by atoms with Crippen LogP contribution in [0.1, 0.15) is 104 Å². The van der Waals surface area contributed by atoms with Crippen molar-refractivity contribution in [2.75, 3.05) is 0 Å². The van der Waals surface area contributed by atoms with Gasteiger partial charge in [-0.15, -0.1) is 0 Å². The third-order valence-electron chi connectivity index (χ3n) is 4.00. The second kappa shape index (κ2) is 16.6. The maximum atomic E-state index is 11.2. The molecule has 0 aromatic carbocycles. The van der Waals surface area contributed by atoms with Gasteiger partial charge in [-0.3, -0.25) is 4.79 Å². The molecule has 0 aliphatic rings. The fraction of sp³-hybridized carbons (Fsp3) is 0.850. The van der Waals surface area contributed by atoms with Gasteiger partial charge in [0.2, 0.25) is 0 Å². The van der Waals surface area contributed by atoms with Gasteiger partial charge in [-0.25, -0.2) is 0 Å². The number of ether oxygens (including phenoxy) is 1. The van der Waals surface area contributed by atoms with Crippen molar-refractivity contribution in [2.45, 2.75) is 110 Å². The van der Waals surface area contributed by atoms with Crippen LogP contribution < -0.4 is 0 Å². The van der Waals surface area contributed by atoms with Crippen molar-refractivity contribution < 1.29 is 9.53 Å². The summed E-state index contributed by atoms with van der Waals surface area (Å²) in [5.41, 5.74) is 0. The van der Waals surface area contributed by atoms with Crippen molar-refractivity contribution in [3.05, 3.63) is 12.2 Å². The molecule has 2 heteroatoms. The normalized spacial score (nSPS) is 12.7. The fourth-order valence-electron chi connectivity index (χ4n) is 2.67. The van der Waals surface area contributed by atoms with Crippen LogP contribution in [0.25, 0.3) is 0 Å². The molecule has 0 heterocycles. The Morgan fingerprint density at radius 3 is 2.09 bits per heavy atom. The first-order valence-electron chi connectivity index (χ1n) is 9.52. The van der Waals surface area contributed by atoms with Crippen LogP contribution in [0, 0.1) is 0 Å². The average Bonchev–Trinajstić information content (AvgIpc) is 2.49. The van der Waals surface area contributed by atoms with Crippen LogP contribution in [0.2, 0.25) is 0 Å². The fourth-order valence-corrected chi connectivity index (χ4v) is 2.67. The largest absolute Gasteiger partial charge is 0.462 e. The van der Waals surface area contributed by atoms with Crippen LogP contribution in [-0.4, -0.2) is 12.1 Å². The van der Waals surface area contributed by atoms with Crippen LogP contribution in [0.3, 0.4) is 0 Å². The highest BCUT2D eigenvalue weighted by Gasteiger charge is 2.09. The Morgan fingerprint density at radius 2 is 1.45 bits per heavy atom. The van der Waals surface area contributed by atoms with Crippen molar-refractivity contribution in [2.24, 2.45) is 0 Å². The highest BCUT2D eigenvalue weighted by Crippen LogP contribution is 2.13. The van der Waals surface area contributed by atoms with Crippen molar-refractivity contribution in [1.82, 2.24) is 0 Å². The summed E-state index contributed by atoms with van der Waals surface area (Å²) in [7, 11) is 0. The molecule has 1 unspecified atom stereocenters. The number of carbonyl (C=O) groups excluding carboxylic acids is 1. The molecule has 0 saturated carbocycles. The summed E-state index contributed by atoms with van der Waals surface area (Å²) in [6.45, 7) is 5.98. The molecule has 0 aromatic rings. The number of allylic oxidation sites excluding steroid dienone is 1. The van der Waals surface area contributed by atoms with E-state index in [1.807, 2.05) is 0 Å². The first kappa shape index (κ1) is 21.2. The van der Waals surface area contributed by atoms with E-state index in [1.165, 1.54) is 64.7 Å². The Bertz CT molecular complexity index is 271. The minimum absolute atomic E-state index is 0.0789. The molecule has 0 bridgehead atoms. The monoisotopic (exact) mass is 310 g/mol. The zero-order chi connectivity index (χ0) is 16.5. The minimum atomic E-state index is -0.148. The zero-order valence-electron chi connectivity index (χ0n) is 15.2. The molecule has 0 amide bonds. The standard InChI is InChI=1S/C20H38O2/c1-4-6-8-10-11-12-13-14-16-18-20(22-19(3)21)17-15-9-7-5-2/h14,16,20H,4-13,15,17-18H2,1-3H3. The van der Waals surface area contributed by atoms with E-state index in [2.05, 4.69) is 26.0 Å². The zero-order valence-corrected chi connectivity index (χ0v) is 15.2. The number of unbranched alkanes of at least 4 members (excludes halogenated alkanes) is 9. The topological polar surface area (TPSA) is 26.3 Å². The van der Waals surface area contributed by atoms with Gasteiger partial charge in [0, 0.05) is 13.3 Å². The van der Waals surface area contributed by atoms with E-state index in [9.17, 15) is 4.79 Å². The maximum Gasteiger partial charge on any atom is 0.302 e. The lowest BCUT2D eigenvalue weighted by Gasteiger charge is -2.15. The SMILES string of the molecule is CCCCCCCCC=CCC(CCCCCC)OC(C)=O. The molecule has 0 N–H and O–H groups in total. The third-order valence-corrected chi connectivity index (χ3v) is 4.00. The van der Waals surface area contributed by atoms with Crippen LogP contribution in [0.15, 0.2) is 12.2 Å². The number of carbonyl (C=O) groups is 1. The van der Waals surface area contributed by atoms with Gasteiger partial charge in [-0.05, 0) is 25.7 Å². The second-order valence-corrected chi connectivity index (χ2v) is 6.34. The number of esters is 1. The summed E-state index contributed by atoms with van der Waals surface area (Å²) in [5, 5.41) is 0. The Kier molecular flexibility index (Phi) is 16.0. The van der Waals surface area contributed by atoms with E-state index in [0.717, 1.165) is 25.7 Å². The van der Waals surface area contributed by atoms with Gasteiger partial charge in [0.15, 0.2) is 0 Å². The molecule has 0 aromatic heterocycles. The maximum absolute atomic E-state index is 11.2. The van der Waals surface area contributed by atoms with Gasteiger partial charge >= 0.3 is 5.97 Å². The Morgan fingerprint density at radius 1 is 0.864 bits per heavy atom. The molecule has 0 radical (unpaired) electrons. The number of hydrogen-bond donors (Lipinski definition) is 0.